The van der Waals surface area contributed by atoms with E-state index in [1.165, 1.54) is 6.07 Å². The van der Waals surface area contributed by atoms with E-state index < -0.39 is 0 Å². The summed E-state index contributed by atoms with van der Waals surface area (Å²) in [6, 6.07) is 10.3. The van der Waals surface area contributed by atoms with Gasteiger partial charge in [0.25, 0.3) is 5.91 Å². The zero-order valence-electron chi connectivity index (χ0n) is 9.24. The first-order valence-electron chi connectivity index (χ1n) is 5.74. The van der Waals surface area contributed by atoms with Crippen LogP contribution in [-0.2, 0) is 0 Å². The van der Waals surface area contributed by atoms with Crippen LogP contribution in [0.1, 0.15) is 23.2 Å². The summed E-state index contributed by atoms with van der Waals surface area (Å²) < 4.78 is 13.6. The summed E-state index contributed by atoms with van der Waals surface area (Å²) in [7, 11) is 0. The van der Waals surface area contributed by atoms with Crippen molar-refractivity contribution in [1.29, 1.82) is 0 Å². The predicted molar refractivity (Wildman–Crippen MR) is 64.4 cm³/mol. The number of fused-ring (bicyclic) bond motifs is 1. The molecular formula is C14H12FNO. The molecule has 2 aromatic carbocycles. The van der Waals surface area contributed by atoms with Crippen LogP contribution in [0.4, 0.5) is 4.39 Å². The fourth-order valence-electron chi connectivity index (χ4n) is 1.95. The van der Waals surface area contributed by atoms with E-state index in [2.05, 4.69) is 5.32 Å². The molecular weight excluding hydrogens is 217 g/mol. The summed E-state index contributed by atoms with van der Waals surface area (Å²) in [5.41, 5.74) is 0.550. The fourth-order valence-corrected chi connectivity index (χ4v) is 1.95. The molecule has 1 amide bonds. The van der Waals surface area contributed by atoms with Crippen LogP contribution in [0, 0.1) is 5.82 Å². The molecule has 1 fully saturated rings. The second kappa shape index (κ2) is 3.84. The summed E-state index contributed by atoms with van der Waals surface area (Å²) in [6.07, 6.45) is 2.09. The third-order valence-electron chi connectivity index (χ3n) is 3.03. The second-order valence-electron chi connectivity index (χ2n) is 4.39. The quantitative estimate of drug-likeness (QED) is 0.842. The molecule has 0 radical (unpaired) electrons. The minimum absolute atomic E-state index is 0.108. The smallest absolute Gasteiger partial charge is 0.252 e. The molecule has 2 nitrogen and oxygen atoms in total. The number of nitrogens with one attached hydrogen (secondary N) is 1. The Morgan fingerprint density at radius 2 is 1.82 bits per heavy atom. The van der Waals surface area contributed by atoms with Gasteiger partial charge in [0.05, 0.1) is 0 Å². The molecule has 0 saturated heterocycles. The van der Waals surface area contributed by atoms with Gasteiger partial charge in [-0.3, -0.25) is 4.79 Å². The third-order valence-corrected chi connectivity index (χ3v) is 3.03. The number of amides is 1. The monoisotopic (exact) mass is 229 g/mol. The number of hydrogen-bond donors (Lipinski definition) is 1. The van der Waals surface area contributed by atoms with E-state index in [1.54, 1.807) is 24.3 Å². The van der Waals surface area contributed by atoms with Gasteiger partial charge in [-0.25, -0.2) is 4.39 Å². The molecule has 0 unspecified atom stereocenters. The highest BCUT2D eigenvalue weighted by Crippen LogP contribution is 2.24. The summed E-state index contributed by atoms with van der Waals surface area (Å²) in [6.45, 7) is 0. The Hall–Kier alpha value is -1.90. The van der Waals surface area contributed by atoms with Crippen molar-refractivity contribution in [3.05, 3.63) is 47.8 Å². The fraction of sp³-hybridized carbons (Fsp3) is 0.214. The summed E-state index contributed by atoms with van der Waals surface area (Å²) in [5.74, 6) is -0.396. The van der Waals surface area contributed by atoms with Gasteiger partial charge in [-0.05, 0) is 30.4 Å². The lowest BCUT2D eigenvalue weighted by molar-refractivity contribution is 0.0952. The van der Waals surface area contributed by atoms with Crippen molar-refractivity contribution in [1.82, 2.24) is 5.32 Å². The van der Waals surface area contributed by atoms with E-state index in [1.807, 2.05) is 6.07 Å². The predicted octanol–water partition coefficient (Wildman–Crippen LogP) is 2.87. The number of carbonyl (C=O) groups excluding carboxylic acids is 1. The van der Waals surface area contributed by atoms with Crippen LogP contribution in [0.2, 0.25) is 0 Å². The molecule has 2 aromatic rings. The molecule has 1 N–H and O–H groups in total. The molecule has 1 aliphatic rings. The molecule has 86 valence electrons. The molecule has 0 atom stereocenters. The average molecular weight is 229 g/mol. The van der Waals surface area contributed by atoms with Gasteiger partial charge in [0, 0.05) is 17.0 Å². The van der Waals surface area contributed by atoms with Crippen molar-refractivity contribution < 1.29 is 9.18 Å². The lowest BCUT2D eigenvalue weighted by atomic mass is 10.0. The van der Waals surface area contributed by atoms with E-state index in [0.717, 1.165) is 12.8 Å². The topological polar surface area (TPSA) is 29.1 Å². The normalized spacial score (nSPS) is 14.9. The van der Waals surface area contributed by atoms with Gasteiger partial charge >= 0.3 is 0 Å². The highest BCUT2D eigenvalue weighted by molar-refractivity contribution is 6.07. The first-order valence-corrected chi connectivity index (χ1v) is 5.74. The second-order valence-corrected chi connectivity index (χ2v) is 4.39. The lowest BCUT2D eigenvalue weighted by Gasteiger charge is -2.07. The third kappa shape index (κ3) is 1.88. The SMILES string of the molecule is O=C(NC1CC1)c1ccc(F)c2ccccc12. The molecule has 3 rings (SSSR count). The van der Waals surface area contributed by atoms with Crippen molar-refractivity contribution in [2.24, 2.45) is 0 Å². The Morgan fingerprint density at radius 3 is 2.53 bits per heavy atom. The first-order chi connectivity index (χ1) is 8.25. The van der Waals surface area contributed by atoms with E-state index in [0.29, 0.717) is 22.4 Å². The Kier molecular flexibility index (Phi) is 2.32. The maximum Gasteiger partial charge on any atom is 0.252 e. The van der Waals surface area contributed by atoms with Gasteiger partial charge in [0.15, 0.2) is 0 Å². The number of carbonyl (C=O) groups is 1. The van der Waals surface area contributed by atoms with Crippen LogP contribution in [0.3, 0.4) is 0 Å². The summed E-state index contributed by atoms with van der Waals surface area (Å²) in [4.78, 5) is 12.0. The molecule has 0 aliphatic heterocycles. The average Bonchev–Trinajstić information content (AvgIpc) is 3.14. The van der Waals surface area contributed by atoms with Crippen LogP contribution < -0.4 is 5.32 Å². The van der Waals surface area contributed by atoms with Gasteiger partial charge < -0.3 is 5.32 Å². The molecule has 17 heavy (non-hydrogen) atoms. The zero-order valence-corrected chi connectivity index (χ0v) is 9.24. The lowest BCUT2D eigenvalue weighted by Crippen LogP contribution is -2.25. The van der Waals surface area contributed by atoms with E-state index in [4.69, 9.17) is 0 Å². The zero-order chi connectivity index (χ0) is 11.8. The van der Waals surface area contributed by atoms with Gasteiger partial charge in [-0.15, -0.1) is 0 Å². The Morgan fingerprint density at radius 1 is 1.12 bits per heavy atom. The Labute approximate surface area is 98.4 Å². The molecule has 0 spiro atoms. The Balaban J connectivity index is 2.09. The minimum atomic E-state index is -0.288. The van der Waals surface area contributed by atoms with Gasteiger partial charge in [0.2, 0.25) is 0 Å². The van der Waals surface area contributed by atoms with Gasteiger partial charge in [-0.2, -0.15) is 0 Å². The van der Waals surface area contributed by atoms with Crippen LogP contribution in [0.15, 0.2) is 36.4 Å². The summed E-state index contributed by atoms with van der Waals surface area (Å²) in [5, 5.41) is 4.09. The van der Waals surface area contributed by atoms with Crippen molar-refractivity contribution >= 4 is 16.7 Å². The maximum atomic E-state index is 13.6. The van der Waals surface area contributed by atoms with Crippen LogP contribution in [0.25, 0.3) is 10.8 Å². The molecule has 3 heteroatoms. The molecule has 0 bridgehead atoms. The largest absolute Gasteiger partial charge is 0.349 e. The van der Waals surface area contributed by atoms with Crippen molar-refractivity contribution in [3.63, 3.8) is 0 Å². The van der Waals surface area contributed by atoms with Crippen LogP contribution >= 0.6 is 0 Å². The number of rotatable bonds is 2. The van der Waals surface area contributed by atoms with Crippen molar-refractivity contribution in [3.8, 4) is 0 Å². The number of halogens is 1. The van der Waals surface area contributed by atoms with Crippen LogP contribution in [0.5, 0.6) is 0 Å². The number of hydrogen-bond acceptors (Lipinski definition) is 1. The highest BCUT2D eigenvalue weighted by atomic mass is 19.1. The van der Waals surface area contributed by atoms with Gasteiger partial charge in [0.1, 0.15) is 5.82 Å². The molecule has 1 saturated carbocycles. The van der Waals surface area contributed by atoms with E-state index in [-0.39, 0.29) is 11.7 Å². The molecule has 0 aromatic heterocycles. The molecule has 1 aliphatic carbocycles. The highest BCUT2D eigenvalue weighted by Gasteiger charge is 2.24. The minimum Gasteiger partial charge on any atom is -0.349 e. The standard InChI is InChI=1S/C14H12FNO/c15-13-8-7-12(14(17)16-9-5-6-9)10-3-1-2-4-11(10)13/h1-4,7-9H,5-6H2,(H,16,17). The Bertz CT molecular complexity index is 590. The van der Waals surface area contributed by atoms with Crippen molar-refractivity contribution in [2.75, 3.05) is 0 Å². The van der Waals surface area contributed by atoms with E-state index in [9.17, 15) is 9.18 Å². The van der Waals surface area contributed by atoms with Crippen molar-refractivity contribution in [2.45, 2.75) is 18.9 Å². The summed E-state index contributed by atoms with van der Waals surface area (Å²) >= 11 is 0. The van der Waals surface area contributed by atoms with E-state index >= 15 is 0 Å². The van der Waals surface area contributed by atoms with Gasteiger partial charge in [-0.1, -0.05) is 24.3 Å². The first kappa shape index (κ1) is 10.3. The number of benzene rings is 2. The van der Waals surface area contributed by atoms with Crippen LogP contribution in [-0.4, -0.2) is 11.9 Å². The maximum absolute atomic E-state index is 13.6. The molecule has 0 heterocycles.